The Balaban J connectivity index is 0.00000243. The lowest BCUT2D eigenvalue weighted by Gasteiger charge is -2.07. The summed E-state index contributed by atoms with van der Waals surface area (Å²) in [5.41, 5.74) is 1.46. The van der Waals surface area contributed by atoms with E-state index in [1.165, 1.54) is 23.5 Å². The Bertz CT molecular complexity index is 706. The summed E-state index contributed by atoms with van der Waals surface area (Å²) < 4.78 is 28.6. The first-order valence-corrected chi connectivity index (χ1v) is 8.99. The van der Waals surface area contributed by atoms with Gasteiger partial charge in [0.15, 0.2) is 5.13 Å². The monoisotopic (exact) mass is 403 g/mol. The lowest BCUT2D eigenvalue weighted by molar-refractivity contribution is -0.116. The SMILES string of the molecule is Cl.O=C(CCC1CCNC1)Nc1nc(-c2ccc(OC(F)F)cc2)cs1. The molecule has 1 aliphatic heterocycles. The zero-order chi connectivity index (χ0) is 17.6. The molecule has 1 fully saturated rings. The van der Waals surface area contributed by atoms with E-state index in [4.69, 9.17) is 0 Å². The third kappa shape index (κ3) is 5.89. The van der Waals surface area contributed by atoms with Gasteiger partial charge in [0.25, 0.3) is 0 Å². The fourth-order valence-corrected chi connectivity index (χ4v) is 3.48. The average Bonchev–Trinajstić information content (AvgIpc) is 3.25. The van der Waals surface area contributed by atoms with Gasteiger partial charge in [-0.3, -0.25) is 4.79 Å². The molecular formula is C17H20ClF2N3O2S. The van der Waals surface area contributed by atoms with Crippen molar-refractivity contribution in [3.05, 3.63) is 29.6 Å². The second-order valence-corrected chi connectivity index (χ2v) is 6.74. The summed E-state index contributed by atoms with van der Waals surface area (Å²) in [6, 6.07) is 6.25. The molecule has 0 spiro atoms. The average molecular weight is 404 g/mol. The van der Waals surface area contributed by atoms with Gasteiger partial charge in [0.05, 0.1) is 5.69 Å². The van der Waals surface area contributed by atoms with Crippen LogP contribution in [-0.4, -0.2) is 30.6 Å². The van der Waals surface area contributed by atoms with Crippen LogP contribution < -0.4 is 15.4 Å². The molecule has 3 rings (SSSR count). The number of aromatic nitrogens is 1. The molecule has 1 amide bonds. The number of alkyl halides is 2. The van der Waals surface area contributed by atoms with Crippen LogP contribution in [0.4, 0.5) is 13.9 Å². The number of benzene rings is 1. The molecule has 26 heavy (non-hydrogen) atoms. The van der Waals surface area contributed by atoms with Gasteiger partial charge in [-0.25, -0.2) is 4.98 Å². The van der Waals surface area contributed by atoms with Gasteiger partial charge in [0.2, 0.25) is 5.91 Å². The zero-order valence-electron chi connectivity index (χ0n) is 13.9. The molecule has 1 atom stereocenters. The number of ether oxygens (including phenoxy) is 1. The number of rotatable bonds is 7. The molecule has 1 aromatic carbocycles. The number of amides is 1. The number of hydrogen-bond acceptors (Lipinski definition) is 5. The molecule has 5 nitrogen and oxygen atoms in total. The van der Waals surface area contributed by atoms with E-state index >= 15 is 0 Å². The quantitative estimate of drug-likeness (QED) is 0.728. The van der Waals surface area contributed by atoms with Crippen LogP contribution in [0.1, 0.15) is 19.3 Å². The molecule has 2 heterocycles. The van der Waals surface area contributed by atoms with Crippen molar-refractivity contribution in [1.29, 1.82) is 0 Å². The highest BCUT2D eigenvalue weighted by Crippen LogP contribution is 2.27. The van der Waals surface area contributed by atoms with E-state index in [1.54, 1.807) is 12.1 Å². The Morgan fingerprint density at radius 1 is 1.38 bits per heavy atom. The number of nitrogens with zero attached hydrogens (tertiary/aromatic N) is 1. The first-order valence-electron chi connectivity index (χ1n) is 8.11. The highest BCUT2D eigenvalue weighted by Gasteiger charge is 2.16. The number of halogens is 3. The third-order valence-electron chi connectivity index (χ3n) is 4.07. The maximum Gasteiger partial charge on any atom is 0.387 e. The molecule has 2 N–H and O–H groups in total. The summed E-state index contributed by atoms with van der Waals surface area (Å²) in [7, 11) is 0. The van der Waals surface area contributed by atoms with Crippen LogP contribution in [0, 0.1) is 5.92 Å². The number of carbonyl (C=O) groups is 1. The van der Waals surface area contributed by atoms with E-state index in [2.05, 4.69) is 20.4 Å². The predicted octanol–water partition coefficient (Wildman–Crippen LogP) is 4.16. The molecule has 142 valence electrons. The summed E-state index contributed by atoms with van der Waals surface area (Å²) in [5.74, 6) is 0.643. The molecule has 9 heteroatoms. The summed E-state index contributed by atoms with van der Waals surface area (Å²) in [6.07, 6.45) is 2.49. The smallest absolute Gasteiger partial charge is 0.387 e. The van der Waals surface area contributed by atoms with E-state index in [-0.39, 0.29) is 24.1 Å². The topological polar surface area (TPSA) is 63.2 Å². The fourth-order valence-electron chi connectivity index (χ4n) is 2.75. The number of hydrogen-bond donors (Lipinski definition) is 2. The Hall–Kier alpha value is -1.77. The van der Waals surface area contributed by atoms with Crippen LogP contribution in [0.2, 0.25) is 0 Å². The molecule has 1 aromatic heterocycles. The molecule has 0 radical (unpaired) electrons. The van der Waals surface area contributed by atoms with Crippen molar-refractivity contribution in [3.8, 4) is 17.0 Å². The van der Waals surface area contributed by atoms with Crippen LogP contribution in [-0.2, 0) is 4.79 Å². The second kappa shape index (κ2) is 9.80. The molecule has 1 saturated heterocycles. The van der Waals surface area contributed by atoms with E-state index < -0.39 is 6.61 Å². The minimum atomic E-state index is -2.84. The largest absolute Gasteiger partial charge is 0.435 e. The summed E-state index contributed by atoms with van der Waals surface area (Å²) in [4.78, 5) is 16.4. The van der Waals surface area contributed by atoms with Crippen LogP contribution in [0.15, 0.2) is 29.6 Å². The first-order chi connectivity index (χ1) is 12.1. The van der Waals surface area contributed by atoms with Crippen LogP contribution in [0.5, 0.6) is 5.75 Å². The molecule has 0 saturated carbocycles. The summed E-state index contributed by atoms with van der Waals surface area (Å²) in [6.45, 7) is -0.824. The predicted molar refractivity (Wildman–Crippen MR) is 100 cm³/mol. The van der Waals surface area contributed by atoms with Crippen molar-refractivity contribution < 1.29 is 18.3 Å². The van der Waals surface area contributed by atoms with Gasteiger partial charge >= 0.3 is 6.61 Å². The van der Waals surface area contributed by atoms with E-state index in [0.717, 1.165) is 31.5 Å². The van der Waals surface area contributed by atoms with Crippen LogP contribution >= 0.6 is 23.7 Å². The van der Waals surface area contributed by atoms with Crippen molar-refractivity contribution in [2.75, 3.05) is 18.4 Å². The van der Waals surface area contributed by atoms with Crippen molar-refractivity contribution in [2.45, 2.75) is 25.9 Å². The molecule has 1 aliphatic rings. The van der Waals surface area contributed by atoms with E-state index in [1.807, 2.05) is 5.38 Å². The van der Waals surface area contributed by atoms with Gasteiger partial charge in [0, 0.05) is 17.4 Å². The molecule has 2 aromatic rings. The van der Waals surface area contributed by atoms with Crippen LogP contribution in [0.3, 0.4) is 0 Å². The normalized spacial score (nSPS) is 16.3. The van der Waals surface area contributed by atoms with Gasteiger partial charge in [0.1, 0.15) is 5.75 Å². The summed E-state index contributed by atoms with van der Waals surface area (Å²) >= 11 is 1.34. The van der Waals surface area contributed by atoms with Gasteiger partial charge in [-0.2, -0.15) is 8.78 Å². The highest BCUT2D eigenvalue weighted by atomic mass is 35.5. The standard InChI is InChI=1S/C17H19F2N3O2S.ClH/c18-16(19)24-13-4-2-12(3-5-13)14-10-25-17(21-14)22-15(23)6-1-11-7-8-20-9-11;/h2-5,10-11,16,20H,1,6-9H2,(H,21,22,23);1H. The molecular weight excluding hydrogens is 384 g/mol. The Morgan fingerprint density at radius 3 is 2.81 bits per heavy atom. The number of thiazole rings is 1. The molecule has 0 aliphatic carbocycles. The van der Waals surface area contributed by atoms with Crippen molar-refractivity contribution in [3.63, 3.8) is 0 Å². The zero-order valence-corrected chi connectivity index (χ0v) is 15.5. The minimum Gasteiger partial charge on any atom is -0.435 e. The van der Waals surface area contributed by atoms with Crippen LogP contribution in [0.25, 0.3) is 11.3 Å². The Morgan fingerprint density at radius 2 is 2.15 bits per heavy atom. The lowest BCUT2D eigenvalue weighted by Crippen LogP contribution is -2.14. The molecule has 0 bridgehead atoms. The fraction of sp³-hybridized carbons (Fsp3) is 0.412. The summed E-state index contributed by atoms with van der Waals surface area (Å²) in [5, 5.41) is 8.46. The first kappa shape index (κ1) is 20.5. The number of carbonyl (C=O) groups excluding carboxylic acids is 1. The number of nitrogens with one attached hydrogen (secondary N) is 2. The third-order valence-corrected chi connectivity index (χ3v) is 4.83. The van der Waals surface area contributed by atoms with Crippen molar-refractivity contribution >= 4 is 34.8 Å². The maximum absolute atomic E-state index is 12.2. The Labute approximate surface area is 160 Å². The van der Waals surface area contributed by atoms with Gasteiger partial charge in [-0.15, -0.1) is 23.7 Å². The van der Waals surface area contributed by atoms with Gasteiger partial charge < -0.3 is 15.4 Å². The van der Waals surface area contributed by atoms with E-state index in [0.29, 0.717) is 23.2 Å². The lowest BCUT2D eigenvalue weighted by atomic mass is 10.0. The van der Waals surface area contributed by atoms with E-state index in [9.17, 15) is 13.6 Å². The van der Waals surface area contributed by atoms with Crippen molar-refractivity contribution in [2.24, 2.45) is 5.92 Å². The van der Waals surface area contributed by atoms with Gasteiger partial charge in [-0.05, 0) is 56.1 Å². The highest BCUT2D eigenvalue weighted by molar-refractivity contribution is 7.14. The Kier molecular flexibility index (Phi) is 7.74. The van der Waals surface area contributed by atoms with Crippen molar-refractivity contribution in [1.82, 2.24) is 10.3 Å². The second-order valence-electron chi connectivity index (χ2n) is 5.89. The van der Waals surface area contributed by atoms with Gasteiger partial charge in [-0.1, -0.05) is 0 Å². The maximum atomic E-state index is 12.2. The molecule has 1 unspecified atom stereocenters. The number of anilines is 1. The minimum absolute atomic E-state index is 0.